The van der Waals surface area contributed by atoms with Crippen LogP contribution in [0.2, 0.25) is 5.02 Å². The van der Waals surface area contributed by atoms with Crippen LogP contribution in [0.15, 0.2) is 18.2 Å². The van der Waals surface area contributed by atoms with Crippen LogP contribution in [0, 0.1) is 0 Å². The second kappa shape index (κ2) is 7.09. The fraction of sp³-hybridized carbons (Fsp3) is 0.571. The molecule has 112 valence electrons. The summed E-state index contributed by atoms with van der Waals surface area (Å²) < 4.78 is 28.6. The number of hydrogen-bond acceptors (Lipinski definition) is 3. The van der Waals surface area contributed by atoms with Crippen LogP contribution in [0.4, 0.5) is 14.5 Å². The number of rotatable bonds is 4. The first-order valence-electron chi connectivity index (χ1n) is 6.74. The summed E-state index contributed by atoms with van der Waals surface area (Å²) in [7, 11) is 2.12. The molecule has 0 aliphatic carbocycles. The second-order valence-electron chi connectivity index (χ2n) is 5.10. The lowest BCUT2D eigenvalue weighted by Crippen LogP contribution is -2.22. The molecule has 6 heteroatoms. The van der Waals surface area contributed by atoms with E-state index in [1.165, 1.54) is 6.07 Å². The Morgan fingerprint density at radius 2 is 2.15 bits per heavy atom. The van der Waals surface area contributed by atoms with Crippen LogP contribution in [-0.4, -0.2) is 37.7 Å². The minimum absolute atomic E-state index is 0.00724. The molecule has 1 unspecified atom stereocenters. The van der Waals surface area contributed by atoms with Gasteiger partial charge >= 0.3 is 6.61 Å². The molecule has 0 saturated carbocycles. The molecule has 1 aliphatic heterocycles. The average Bonchev–Trinajstić information content (AvgIpc) is 2.58. The highest BCUT2D eigenvalue weighted by Crippen LogP contribution is 2.29. The van der Waals surface area contributed by atoms with Gasteiger partial charge in [-0.2, -0.15) is 8.78 Å². The molecular weight excluding hydrogens is 286 g/mol. The molecule has 3 nitrogen and oxygen atoms in total. The summed E-state index contributed by atoms with van der Waals surface area (Å²) in [5.74, 6) is 0.00724. The van der Waals surface area contributed by atoms with Crippen molar-refractivity contribution in [2.45, 2.75) is 31.9 Å². The van der Waals surface area contributed by atoms with Gasteiger partial charge in [0.1, 0.15) is 5.75 Å². The summed E-state index contributed by atoms with van der Waals surface area (Å²) in [5, 5.41) is 3.60. The third-order valence-electron chi connectivity index (χ3n) is 3.47. The molecular formula is C14H19ClF2N2O. The van der Waals surface area contributed by atoms with Gasteiger partial charge in [0.2, 0.25) is 0 Å². The van der Waals surface area contributed by atoms with Crippen molar-refractivity contribution in [1.29, 1.82) is 0 Å². The van der Waals surface area contributed by atoms with Gasteiger partial charge in [0.05, 0.1) is 5.02 Å². The fourth-order valence-corrected chi connectivity index (χ4v) is 2.63. The number of likely N-dealkylation sites (tertiary alicyclic amines) is 1. The van der Waals surface area contributed by atoms with E-state index in [9.17, 15) is 8.78 Å². The summed E-state index contributed by atoms with van der Waals surface area (Å²) in [6.45, 7) is -0.693. The number of ether oxygens (including phenoxy) is 1. The number of hydrogen-bond donors (Lipinski definition) is 1. The van der Waals surface area contributed by atoms with Crippen molar-refractivity contribution in [3.05, 3.63) is 23.2 Å². The Bertz CT molecular complexity index is 445. The smallest absolute Gasteiger partial charge is 0.387 e. The van der Waals surface area contributed by atoms with Gasteiger partial charge in [0.25, 0.3) is 0 Å². The minimum Gasteiger partial charge on any atom is -0.433 e. The highest BCUT2D eigenvalue weighted by molar-refractivity contribution is 6.32. The van der Waals surface area contributed by atoms with Crippen LogP contribution < -0.4 is 10.1 Å². The SMILES string of the molecule is CN1CCCC(Nc2ccc(OC(F)F)c(Cl)c2)CC1. The van der Waals surface area contributed by atoms with Crippen molar-refractivity contribution in [3.63, 3.8) is 0 Å². The molecule has 0 aromatic heterocycles. The predicted molar refractivity (Wildman–Crippen MR) is 76.8 cm³/mol. The van der Waals surface area contributed by atoms with E-state index in [0.29, 0.717) is 6.04 Å². The summed E-state index contributed by atoms with van der Waals surface area (Å²) in [6, 6.07) is 5.21. The first-order chi connectivity index (χ1) is 9.54. The first kappa shape index (κ1) is 15.3. The van der Waals surface area contributed by atoms with Gasteiger partial charge in [0, 0.05) is 11.7 Å². The van der Waals surface area contributed by atoms with E-state index in [1.54, 1.807) is 12.1 Å². The molecule has 1 atom stereocenters. The molecule has 1 aromatic rings. The van der Waals surface area contributed by atoms with Crippen LogP contribution in [0.25, 0.3) is 0 Å². The molecule has 20 heavy (non-hydrogen) atoms. The van der Waals surface area contributed by atoms with E-state index in [0.717, 1.165) is 38.0 Å². The van der Waals surface area contributed by atoms with Crippen LogP contribution in [0.1, 0.15) is 19.3 Å². The Morgan fingerprint density at radius 1 is 1.35 bits per heavy atom. The largest absolute Gasteiger partial charge is 0.433 e. The van der Waals surface area contributed by atoms with Crippen molar-refractivity contribution in [3.8, 4) is 5.75 Å². The van der Waals surface area contributed by atoms with Gasteiger partial charge in [-0.15, -0.1) is 0 Å². The van der Waals surface area contributed by atoms with Crippen molar-refractivity contribution >= 4 is 17.3 Å². The van der Waals surface area contributed by atoms with Gasteiger partial charge < -0.3 is 15.0 Å². The maximum Gasteiger partial charge on any atom is 0.387 e. The zero-order valence-electron chi connectivity index (χ0n) is 11.4. The topological polar surface area (TPSA) is 24.5 Å². The van der Waals surface area contributed by atoms with Gasteiger partial charge in [-0.1, -0.05) is 11.6 Å². The Morgan fingerprint density at radius 3 is 2.85 bits per heavy atom. The maximum atomic E-state index is 12.2. The molecule has 1 saturated heterocycles. The van der Waals surface area contributed by atoms with Crippen LogP contribution in [0.3, 0.4) is 0 Å². The molecule has 0 spiro atoms. The van der Waals surface area contributed by atoms with E-state index in [-0.39, 0.29) is 10.8 Å². The lowest BCUT2D eigenvalue weighted by atomic mass is 10.1. The van der Waals surface area contributed by atoms with Crippen LogP contribution in [-0.2, 0) is 0 Å². The lowest BCUT2D eigenvalue weighted by molar-refractivity contribution is -0.0497. The first-order valence-corrected chi connectivity index (χ1v) is 7.12. The monoisotopic (exact) mass is 304 g/mol. The average molecular weight is 305 g/mol. The molecule has 1 N–H and O–H groups in total. The summed E-state index contributed by atoms with van der Waals surface area (Å²) in [5.41, 5.74) is 0.839. The normalized spacial score (nSPS) is 20.8. The third-order valence-corrected chi connectivity index (χ3v) is 3.77. The van der Waals surface area contributed by atoms with Gasteiger partial charge in [-0.25, -0.2) is 0 Å². The molecule has 1 fully saturated rings. The van der Waals surface area contributed by atoms with E-state index in [2.05, 4.69) is 22.0 Å². The second-order valence-corrected chi connectivity index (χ2v) is 5.51. The number of anilines is 1. The maximum absolute atomic E-state index is 12.2. The van der Waals surface area contributed by atoms with Gasteiger partial charge in [-0.3, -0.25) is 0 Å². The predicted octanol–water partition coefficient (Wildman–Crippen LogP) is 3.84. The Balaban J connectivity index is 1.97. The quantitative estimate of drug-likeness (QED) is 0.915. The zero-order valence-corrected chi connectivity index (χ0v) is 12.2. The lowest BCUT2D eigenvalue weighted by Gasteiger charge is -2.18. The Hall–Kier alpha value is -1.07. The Kier molecular flexibility index (Phi) is 5.43. The molecule has 0 amide bonds. The van der Waals surface area contributed by atoms with Gasteiger partial charge in [0.15, 0.2) is 0 Å². The van der Waals surface area contributed by atoms with E-state index >= 15 is 0 Å². The van der Waals surface area contributed by atoms with E-state index in [4.69, 9.17) is 11.6 Å². The summed E-state index contributed by atoms with van der Waals surface area (Å²) >= 11 is 5.94. The third kappa shape index (κ3) is 4.49. The molecule has 0 radical (unpaired) electrons. The van der Waals surface area contributed by atoms with Crippen molar-refractivity contribution in [2.24, 2.45) is 0 Å². The highest BCUT2D eigenvalue weighted by atomic mass is 35.5. The summed E-state index contributed by atoms with van der Waals surface area (Å²) in [4.78, 5) is 2.31. The van der Waals surface area contributed by atoms with Crippen molar-refractivity contribution < 1.29 is 13.5 Å². The fourth-order valence-electron chi connectivity index (χ4n) is 2.40. The summed E-state index contributed by atoms with van der Waals surface area (Å²) in [6.07, 6.45) is 3.30. The standard InChI is InChI=1S/C14H19ClF2N2O/c1-19-7-2-3-10(6-8-19)18-11-4-5-13(12(15)9-11)20-14(16)17/h4-5,9-10,14,18H,2-3,6-8H2,1H3. The number of nitrogens with zero attached hydrogens (tertiary/aromatic N) is 1. The number of benzene rings is 1. The molecule has 0 bridgehead atoms. The van der Waals surface area contributed by atoms with Crippen LogP contribution in [0.5, 0.6) is 5.75 Å². The van der Waals surface area contributed by atoms with Crippen molar-refractivity contribution in [1.82, 2.24) is 4.90 Å². The molecule has 1 aliphatic rings. The number of halogens is 3. The number of alkyl halides is 2. The molecule has 2 rings (SSSR count). The van der Waals surface area contributed by atoms with E-state index < -0.39 is 6.61 Å². The minimum atomic E-state index is -2.86. The zero-order chi connectivity index (χ0) is 14.5. The van der Waals surface area contributed by atoms with E-state index in [1.807, 2.05) is 0 Å². The highest BCUT2D eigenvalue weighted by Gasteiger charge is 2.15. The number of nitrogens with one attached hydrogen (secondary N) is 1. The van der Waals surface area contributed by atoms with Crippen molar-refractivity contribution in [2.75, 3.05) is 25.5 Å². The Labute approximate surface area is 122 Å². The van der Waals surface area contributed by atoms with Crippen LogP contribution >= 0.6 is 11.6 Å². The van der Waals surface area contributed by atoms with Gasteiger partial charge in [-0.05, 0) is 57.6 Å². The molecule has 1 heterocycles. The molecule has 1 aromatic carbocycles.